The molecule has 0 aliphatic heterocycles. The van der Waals surface area contributed by atoms with Crippen molar-refractivity contribution < 1.29 is 9.50 Å². The number of halogens is 1. The summed E-state index contributed by atoms with van der Waals surface area (Å²) in [5.74, 6) is -0.217. The molecule has 0 aliphatic rings. The fourth-order valence-corrected chi connectivity index (χ4v) is 1.83. The normalized spacial score (nSPS) is 10.5. The van der Waals surface area contributed by atoms with Crippen LogP contribution in [-0.2, 0) is 6.42 Å². The van der Waals surface area contributed by atoms with Gasteiger partial charge in [-0.15, -0.1) is 0 Å². The molecular formula is C15H15FO. The molecule has 0 saturated carbocycles. The lowest BCUT2D eigenvalue weighted by molar-refractivity contribution is 0.288. The van der Waals surface area contributed by atoms with E-state index in [-0.39, 0.29) is 12.4 Å². The van der Waals surface area contributed by atoms with E-state index in [4.69, 9.17) is 5.11 Å². The smallest absolute Gasteiger partial charge is 0.123 e. The Labute approximate surface area is 101 Å². The number of aryl methyl sites for hydroxylation is 1. The second-order valence-corrected chi connectivity index (χ2v) is 4.03. The van der Waals surface area contributed by atoms with Crippen molar-refractivity contribution >= 4 is 0 Å². The van der Waals surface area contributed by atoms with Crippen molar-refractivity contribution in [3.63, 3.8) is 0 Å². The molecule has 2 heteroatoms. The molecule has 0 unspecified atom stereocenters. The van der Waals surface area contributed by atoms with Crippen LogP contribution in [0.3, 0.4) is 0 Å². The Balaban J connectivity index is 2.23. The largest absolute Gasteiger partial charge is 0.396 e. The van der Waals surface area contributed by atoms with E-state index in [0.717, 1.165) is 24.0 Å². The third kappa shape index (κ3) is 3.14. The van der Waals surface area contributed by atoms with Gasteiger partial charge in [-0.3, -0.25) is 0 Å². The van der Waals surface area contributed by atoms with Crippen molar-refractivity contribution in [3.05, 3.63) is 59.9 Å². The molecule has 2 aromatic carbocycles. The van der Waals surface area contributed by atoms with Gasteiger partial charge in [-0.1, -0.05) is 36.4 Å². The average Bonchev–Trinajstić information content (AvgIpc) is 2.37. The molecule has 17 heavy (non-hydrogen) atoms. The monoisotopic (exact) mass is 230 g/mol. The first kappa shape index (κ1) is 11.8. The maximum Gasteiger partial charge on any atom is 0.123 e. The van der Waals surface area contributed by atoms with E-state index in [1.54, 1.807) is 12.1 Å². The van der Waals surface area contributed by atoms with Crippen molar-refractivity contribution in [1.29, 1.82) is 0 Å². The zero-order chi connectivity index (χ0) is 12.1. The first-order valence-corrected chi connectivity index (χ1v) is 5.75. The molecule has 0 fully saturated rings. The summed E-state index contributed by atoms with van der Waals surface area (Å²) in [6.07, 6.45) is 1.64. The van der Waals surface area contributed by atoms with Crippen LogP contribution in [0.15, 0.2) is 48.5 Å². The summed E-state index contributed by atoms with van der Waals surface area (Å²) >= 11 is 0. The van der Waals surface area contributed by atoms with E-state index in [1.165, 1.54) is 17.7 Å². The summed E-state index contributed by atoms with van der Waals surface area (Å²) < 4.78 is 12.8. The van der Waals surface area contributed by atoms with Gasteiger partial charge in [-0.25, -0.2) is 4.39 Å². The van der Waals surface area contributed by atoms with Crippen LogP contribution >= 0.6 is 0 Å². The van der Waals surface area contributed by atoms with Gasteiger partial charge in [0.05, 0.1) is 0 Å². The standard InChI is InChI=1S/C15H15FO/c16-15-8-6-13(7-9-15)14-5-1-3-12(11-14)4-2-10-17/h1,3,5-9,11,17H,2,4,10H2. The first-order valence-electron chi connectivity index (χ1n) is 5.75. The van der Waals surface area contributed by atoms with Gasteiger partial charge in [-0.05, 0) is 41.7 Å². The van der Waals surface area contributed by atoms with Crippen LogP contribution in [-0.4, -0.2) is 11.7 Å². The Bertz CT molecular complexity index is 477. The minimum Gasteiger partial charge on any atom is -0.396 e. The molecule has 0 amide bonds. The van der Waals surface area contributed by atoms with Crippen LogP contribution in [0.25, 0.3) is 11.1 Å². The number of benzene rings is 2. The minimum absolute atomic E-state index is 0.209. The summed E-state index contributed by atoms with van der Waals surface area (Å²) in [5.41, 5.74) is 3.29. The molecule has 0 saturated heterocycles. The number of rotatable bonds is 4. The summed E-state index contributed by atoms with van der Waals surface area (Å²) in [4.78, 5) is 0. The van der Waals surface area contributed by atoms with Crippen LogP contribution in [0.2, 0.25) is 0 Å². The Kier molecular flexibility index (Phi) is 3.89. The third-order valence-electron chi connectivity index (χ3n) is 2.73. The van der Waals surface area contributed by atoms with E-state index in [1.807, 2.05) is 18.2 Å². The van der Waals surface area contributed by atoms with Gasteiger partial charge >= 0.3 is 0 Å². The highest BCUT2D eigenvalue weighted by Gasteiger charge is 1.99. The maximum atomic E-state index is 12.8. The van der Waals surface area contributed by atoms with Crippen LogP contribution in [0.4, 0.5) is 4.39 Å². The van der Waals surface area contributed by atoms with E-state index in [9.17, 15) is 4.39 Å². The maximum absolute atomic E-state index is 12.8. The second-order valence-electron chi connectivity index (χ2n) is 4.03. The lowest BCUT2D eigenvalue weighted by Crippen LogP contribution is -1.90. The molecule has 2 aromatic rings. The second kappa shape index (κ2) is 5.60. The molecule has 1 N–H and O–H groups in total. The number of aliphatic hydroxyl groups is 1. The molecule has 0 bridgehead atoms. The van der Waals surface area contributed by atoms with Gasteiger partial charge in [-0.2, -0.15) is 0 Å². The topological polar surface area (TPSA) is 20.2 Å². The lowest BCUT2D eigenvalue weighted by Gasteiger charge is -2.05. The van der Waals surface area contributed by atoms with Gasteiger partial charge in [0, 0.05) is 6.61 Å². The molecule has 0 aliphatic carbocycles. The number of hydrogen-bond donors (Lipinski definition) is 1. The predicted octanol–water partition coefficient (Wildman–Crippen LogP) is 3.42. The molecule has 88 valence electrons. The van der Waals surface area contributed by atoms with Gasteiger partial charge in [0.2, 0.25) is 0 Å². The molecule has 2 rings (SSSR count). The van der Waals surface area contributed by atoms with E-state index in [2.05, 4.69) is 6.07 Å². The molecule has 0 heterocycles. The molecule has 0 atom stereocenters. The number of hydrogen-bond acceptors (Lipinski definition) is 1. The van der Waals surface area contributed by atoms with E-state index < -0.39 is 0 Å². The number of aliphatic hydroxyl groups excluding tert-OH is 1. The highest BCUT2D eigenvalue weighted by molar-refractivity contribution is 5.64. The Morgan fingerprint density at radius 1 is 0.941 bits per heavy atom. The van der Waals surface area contributed by atoms with Gasteiger partial charge < -0.3 is 5.11 Å². The summed E-state index contributed by atoms with van der Waals surface area (Å²) in [5, 5.41) is 8.80. The molecule has 0 spiro atoms. The summed E-state index contributed by atoms with van der Waals surface area (Å²) in [6.45, 7) is 0.209. The van der Waals surface area contributed by atoms with Crippen molar-refractivity contribution in [2.45, 2.75) is 12.8 Å². The SMILES string of the molecule is OCCCc1cccc(-c2ccc(F)cc2)c1. The van der Waals surface area contributed by atoms with Crippen LogP contribution in [0.1, 0.15) is 12.0 Å². The molecular weight excluding hydrogens is 215 g/mol. The van der Waals surface area contributed by atoms with Crippen LogP contribution < -0.4 is 0 Å². The van der Waals surface area contributed by atoms with Crippen molar-refractivity contribution in [1.82, 2.24) is 0 Å². The Hall–Kier alpha value is -1.67. The van der Waals surface area contributed by atoms with Gasteiger partial charge in [0.25, 0.3) is 0 Å². The zero-order valence-corrected chi connectivity index (χ0v) is 9.57. The average molecular weight is 230 g/mol. The van der Waals surface area contributed by atoms with Gasteiger partial charge in [0.15, 0.2) is 0 Å². The van der Waals surface area contributed by atoms with Gasteiger partial charge in [0.1, 0.15) is 5.82 Å². The summed E-state index contributed by atoms with van der Waals surface area (Å²) in [6, 6.07) is 14.6. The minimum atomic E-state index is -0.217. The summed E-state index contributed by atoms with van der Waals surface area (Å²) in [7, 11) is 0. The van der Waals surface area contributed by atoms with Crippen LogP contribution in [0.5, 0.6) is 0 Å². The Morgan fingerprint density at radius 2 is 1.71 bits per heavy atom. The fourth-order valence-electron chi connectivity index (χ4n) is 1.83. The zero-order valence-electron chi connectivity index (χ0n) is 9.57. The molecule has 0 aromatic heterocycles. The van der Waals surface area contributed by atoms with E-state index in [0.29, 0.717) is 0 Å². The molecule has 0 radical (unpaired) electrons. The highest BCUT2D eigenvalue weighted by atomic mass is 19.1. The Morgan fingerprint density at radius 3 is 2.41 bits per heavy atom. The lowest BCUT2D eigenvalue weighted by atomic mass is 10.0. The quantitative estimate of drug-likeness (QED) is 0.853. The van der Waals surface area contributed by atoms with E-state index >= 15 is 0 Å². The molecule has 1 nitrogen and oxygen atoms in total. The van der Waals surface area contributed by atoms with Crippen molar-refractivity contribution in [2.75, 3.05) is 6.61 Å². The highest BCUT2D eigenvalue weighted by Crippen LogP contribution is 2.21. The fraction of sp³-hybridized carbons (Fsp3) is 0.200. The van der Waals surface area contributed by atoms with Crippen molar-refractivity contribution in [3.8, 4) is 11.1 Å². The predicted molar refractivity (Wildman–Crippen MR) is 67.2 cm³/mol. The van der Waals surface area contributed by atoms with Crippen LogP contribution in [0, 0.1) is 5.82 Å². The first-order chi connectivity index (χ1) is 8.29. The third-order valence-corrected chi connectivity index (χ3v) is 2.73. The van der Waals surface area contributed by atoms with Crippen molar-refractivity contribution in [2.24, 2.45) is 0 Å².